The van der Waals surface area contributed by atoms with Crippen molar-refractivity contribution in [1.29, 1.82) is 0 Å². The normalized spacial score (nSPS) is 10.7. The van der Waals surface area contributed by atoms with Crippen molar-refractivity contribution in [3.8, 4) is 5.75 Å². The molecule has 6 heteroatoms. The van der Waals surface area contributed by atoms with Crippen LogP contribution in [0, 0.1) is 0 Å². The molecule has 1 amide bonds. The van der Waals surface area contributed by atoms with Crippen LogP contribution in [0.4, 0.5) is 5.69 Å². The van der Waals surface area contributed by atoms with E-state index in [0.717, 1.165) is 19.5 Å². The van der Waals surface area contributed by atoms with Crippen molar-refractivity contribution in [2.75, 3.05) is 46.2 Å². The standard InChI is InChI=1S/C14H22ClN3O2/c1-16-7-4-8-18(2)10-14(19)17-11-5-6-13(20-3)12(15)9-11/h5-6,9,16H,4,7-8,10H2,1-3H3,(H,17,19). The number of likely N-dealkylation sites (N-methyl/N-ethyl adjacent to an activating group) is 1. The van der Waals surface area contributed by atoms with Crippen LogP contribution < -0.4 is 15.4 Å². The molecular weight excluding hydrogens is 278 g/mol. The summed E-state index contributed by atoms with van der Waals surface area (Å²) in [6.07, 6.45) is 1.01. The molecule has 0 aromatic heterocycles. The van der Waals surface area contributed by atoms with Gasteiger partial charge in [-0.15, -0.1) is 0 Å². The highest BCUT2D eigenvalue weighted by Crippen LogP contribution is 2.27. The third kappa shape index (κ3) is 5.77. The zero-order chi connectivity index (χ0) is 15.0. The van der Waals surface area contributed by atoms with E-state index < -0.39 is 0 Å². The predicted octanol–water partition coefficient (Wildman–Crippen LogP) is 1.83. The lowest BCUT2D eigenvalue weighted by atomic mass is 10.3. The van der Waals surface area contributed by atoms with E-state index in [0.29, 0.717) is 23.0 Å². The van der Waals surface area contributed by atoms with Gasteiger partial charge in [0.05, 0.1) is 18.7 Å². The van der Waals surface area contributed by atoms with Crippen molar-refractivity contribution in [2.45, 2.75) is 6.42 Å². The van der Waals surface area contributed by atoms with Gasteiger partial charge in [-0.25, -0.2) is 0 Å². The SMILES string of the molecule is CNCCCN(C)CC(=O)Nc1ccc(OC)c(Cl)c1. The lowest BCUT2D eigenvalue weighted by Crippen LogP contribution is -2.31. The van der Waals surface area contributed by atoms with Crippen molar-refractivity contribution in [3.63, 3.8) is 0 Å². The van der Waals surface area contributed by atoms with Gasteiger partial charge in [-0.3, -0.25) is 9.69 Å². The molecule has 20 heavy (non-hydrogen) atoms. The zero-order valence-electron chi connectivity index (χ0n) is 12.2. The molecule has 2 N–H and O–H groups in total. The Balaban J connectivity index is 2.43. The van der Waals surface area contributed by atoms with Crippen LogP contribution >= 0.6 is 11.6 Å². The molecular formula is C14H22ClN3O2. The number of amides is 1. The largest absolute Gasteiger partial charge is 0.495 e. The second kappa shape index (κ2) is 8.79. The molecule has 1 aromatic carbocycles. The molecule has 0 aliphatic carbocycles. The first-order chi connectivity index (χ1) is 9.56. The molecule has 0 aliphatic heterocycles. The number of anilines is 1. The fourth-order valence-electron chi connectivity index (χ4n) is 1.79. The first kappa shape index (κ1) is 16.8. The second-order valence-corrected chi connectivity index (χ2v) is 5.00. The molecule has 0 fully saturated rings. The van der Waals surface area contributed by atoms with Gasteiger partial charge in [-0.05, 0) is 51.8 Å². The maximum absolute atomic E-state index is 11.9. The highest BCUT2D eigenvalue weighted by Gasteiger charge is 2.08. The number of hydrogen-bond acceptors (Lipinski definition) is 4. The van der Waals surface area contributed by atoms with Gasteiger partial charge in [0, 0.05) is 5.69 Å². The van der Waals surface area contributed by atoms with Gasteiger partial charge in [0.2, 0.25) is 5.91 Å². The number of nitrogens with one attached hydrogen (secondary N) is 2. The molecule has 0 bridgehead atoms. The summed E-state index contributed by atoms with van der Waals surface area (Å²) in [6.45, 7) is 2.17. The summed E-state index contributed by atoms with van der Waals surface area (Å²) >= 11 is 6.01. The van der Waals surface area contributed by atoms with Gasteiger partial charge in [-0.1, -0.05) is 11.6 Å². The molecule has 0 radical (unpaired) electrons. The van der Waals surface area contributed by atoms with Crippen molar-refractivity contribution in [1.82, 2.24) is 10.2 Å². The first-order valence-corrected chi connectivity index (χ1v) is 6.91. The van der Waals surface area contributed by atoms with E-state index in [1.54, 1.807) is 25.3 Å². The highest BCUT2D eigenvalue weighted by atomic mass is 35.5. The number of carbonyl (C=O) groups excluding carboxylic acids is 1. The number of methoxy groups -OCH3 is 1. The van der Waals surface area contributed by atoms with E-state index in [2.05, 4.69) is 10.6 Å². The summed E-state index contributed by atoms with van der Waals surface area (Å²) in [7, 11) is 5.40. The van der Waals surface area contributed by atoms with Crippen LogP contribution in [-0.4, -0.2) is 51.6 Å². The quantitative estimate of drug-likeness (QED) is 0.719. The molecule has 0 heterocycles. The average molecular weight is 300 g/mol. The summed E-state index contributed by atoms with van der Waals surface area (Å²) in [5.41, 5.74) is 0.671. The summed E-state index contributed by atoms with van der Waals surface area (Å²) in [4.78, 5) is 13.9. The molecule has 5 nitrogen and oxygen atoms in total. The third-order valence-corrected chi connectivity index (χ3v) is 3.11. The molecule has 0 spiro atoms. The first-order valence-electron chi connectivity index (χ1n) is 6.53. The molecule has 1 aromatic rings. The van der Waals surface area contributed by atoms with Crippen LogP contribution in [0.2, 0.25) is 5.02 Å². The Bertz CT molecular complexity index is 440. The Labute approximate surface area is 125 Å². The van der Waals surface area contributed by atoms with Crippen molar-refractivity contribution < 1.29 is 9.53 Å². The Morgan fingerprint density at radius 3 is 2.80 bits per heavy atom. The number of ether oxygens (including phenoxy) is 1. The van der Waals surface area contributed by atoms with E-state index in [9.17, 15) is 4.79 Å². The monoisotopic (exact) mass is 299 g/mol. The number of carbonyl (C=O) groups is 1. The van der Waals surface area contributed by atoms with E-state index >= 15 is 0 Å². The molecule has 0 saturated heterocycles. The summed E-state index contributed by atoms with van der Waals surface area (Å²) in [6, 6.07) is 5.18. The molecule has 112 valence electrons. The predicted molar refractivity (Wildman–Crippen MR) is 82.7 cm³/mol. The summed E-state index contributed by atoms with van der Waals surface area (Å²) < 4.78 is 5.07. The topological polar surface area (TPSA) is 53.6 Å². The minimum absolute atomic E-state index is 0.0572. The van der Waals surface area contributed by atoms with Crippen LogP contribution in [0.3, 0.4) is 0 Å². The minimum Gasteiger partial charge on any atom is -0.495 e. The van der Waals surface area contributed by atoms with E-state index in [1.165, 1.54) is 0 Å². The highest BCUT2D eigenvalue weighted by molar-refractivity contribution is 6.32. The van der Waals surface area contributed by atoms with Crippen LogP contribution in [0.15, 0.2) is 18.2 Å². The summed E-state index contributed by atoms with van der Waals surface area (Å²) in [5, 5.41) is 6.38. The van der Waals surface area contributed by atoms with Crippen molar-refractivity contribution in [3.05, 3.63) is 23.2 Å². The van der Waals surface area contributed by atoms with Crippen molar-refractivity contribution >= 4 is 23.2 Å². The Hall–Kier alpha value is -1.30. The van der Waals surface area contributed by atoms with Crippen LogP contribution in [0.5, 0.6) is 5.75 Å². The maximum atomic E-state index is 11.9. The Morgan fingerprint density at radius 1 is 1.45 bits per heavy atom. The van der Waals surface area contributed by atoms with Crippen molar-refractivity contribution in [2.24, 2.45) is 0 Å². The smallest absolute Gasteiger partial charge is 0.238 e. The number of benzene rings is 1. The minimum atomic E-state index is -0.0572. The third-order valence-electron chi connectivity index (χ3n) is 2.82. The van der Waals surface area contributed by atoms with Gasteiger partial charge in [0.1, 0.15) is 5.75 Å². The van der Waals surface area contributed by atoms with Gasteiger partial charge >= 0.3 is 0 Å². The molecule has 0 saturated carbocycles. The lowest BCUT2D eigenvalue weighted by Gasteiger charge is -2.16. The van der Waals surface area contributed by atoms with Gasteiger partial charge < -0.3 is 15.4 Å². The van der Waals surface area contributed by atoms with Gasteiger partial charge in [-0.2, -0.15) is 0 Å². The zero-order valence-corrected chi connectivity index (χ0v) is 13.0. The molecule has 0 unspecified atom stereocenters. The fraction of sp³-hybridized carbons (Fsp3) is 0.500. The van der Waals surface area contributed by atoms with Gasteiger partial charge in [0.15, 0.2) is 0 Å². The molecule has 0 aliphatic rings. The number of nitrogens with zero attached hydrogens (tertiary/aromatic N) is 1. The van der Waals surface area contributed by atoms with E-state index in [1.807, 2.05) is 19.0 Å². The average Bonchev–Trinajstić information content (AvgIpc) is 2.39. The second-order valence-electron chi connectivity index (χ2n) is 4.59. The summed E-state index contributed by atoms with van der Waals surface area (Å²) in [5.74, 6) is 0.534. The molecule has 0 atom stereocenters. The van der Waals surface area contributed by atoms with Gasteiger partial charge in [0.25, 0.3) is 0 Å². The van der Waals surface area contributed by atoms with E-state index in [4.69, 9.17) is 16.3 Å². The van der Waals surface area contributed by atoms with Crippen LogP contribution in [0.1, 0.15) is 6.42 Å². The number of rotatable bonds is 8. The molecule has 1 rings (SSSR count). The van der Waals surface area contributed by atoms with Crippen LogP contribution in [0.25, 0.3) is 0 Å². The van der Waals surface area contributed by atoms with E-state index in [-0.39, 0.29) is 5.91 Å². The Morgan fingerprint density at radius 2 is 2.20 bits per heavy atom. The Kier molecular flexibility index (Phi) is 7.36. The lowest BCUT2D eigenvalue weighted by molar-refractivity contribution is -0.117. The number of halogens is 1. The number of hydrogen-bond donors (Lipinski definition) is 2. The maximum Gasteiger partial charge on any atom is 0.238 e. The van der Waals surface area contributed by atoms with Crippen LogP contribution in [-0.2, 0) is 4.79 Å². The fourth-order valence-corrected chi connectivity index (χ4v) is 2.05.